The molecular weight excluding hydrogens is 146 g/mol. The second-order valence-corrected chi connectivity index (χ2v) is 2.85. The summed E-state index contributed by atoms with van der Waals surface area (Å²) in [6.07, 6.45) is 1.87. The molecule has 0 aliphatic carbocycles. The standard InChI is InChI=1S/C11H15N/c1-3-10-5-7-11(8-6-10)9-12-4-2/h3,5-8,12H,1,4,9H2,2H3/p+1. The minimum atomic E-state index is 1.08. The van der Waals surface area contributed by atoms with Crippen LogP contribution in [0.1, 0.15) is 18.1 Å². The zero-order valence-corrected chi connectivity index (χ0v) is 7.59. The summed E-state index contributed by atoms with van der Waals surface area (Å²) < 4.78 is 0. The van der Waals surface area contributed by atoms with E-state index in [9.17, 15) is 0 Å². The van der Waals surface area contributed by atoms with Crippen LogP contribution in [0.15, 0.2) is 30.8 Å². The zero-order valence-electron chi connectivity index (χ0n) is 7.59. The average Bonchev–Trinajstić information content (AvgIpc) is 2.15. The summed E-state index contributed by atoms with van der Waals surface area (Å²) in [6, 6.07) is 8.52. The van der Waals surface area contributed by atoms with Gasteiger partial charge in [-0.1, -0.05) is 36.9 Å². The van der Waals surface area contributed by atoms with Crippen LogP contribution in [0.5, 0.6) is 0 Å². The van der Waals surface area contributed by atoms with Gasteiger partial charge in [-0.15, -0.1) is 0 Å². The van der Waals surface area contributed by atoms with Crippen LogP contribution < -0.4 is 5.32 Å². The molecule has 1 aromatic rings. The highest BCUT2D eigenvalue weighted by atomic mass is 14.8. The van der Waals surface area contributed by atoms with Crippen LogP contribution in [0.3, 0.4) is 0 Å². The number of benzene rings is 1. The van der Waals surface area contributed by atoms with Gasteiger partial charge in [0, 0.05) is 5.56 Å². The van der Waals surface area contributed by atoms with Crippen molar-refractivity contribution in [3.8, 4) is 0 Å². The summed E-state index contributed by atoms with van der Waals surface area (Å²) in [4.78, 5) is 0. The first-order valence-corrected chi connectivity index (χ1v) is 4.40. The van der Waals surface area contributed by atoms with Gasteiger partial charge in [-0.2, -0.15) is 0 Å². The number of nitrogens with two attached hydrogens (primary N) is 1. The van der Waals surface area contributed by atoms with Gasteiger partial charge in [0.2, 0.25) is 0 Å². The maximum Gasteiger partial charge on any atom is 0.101 e. The molecule has 1 nitrogen and oxygen atoms in total. The topological polar surface area (TPSA) is 16.6 Å². The fraction of sp³-hybridized carbons (Fsp3) is 0.273. The van der Waals surface area contributed by atoms with Gasteiger partial charge >= 0.3 is 0 Å². The Labute approximate surface area is 74.1 Å². The Kier molecular flexibility index (Phi) is 3.55. The molecule has 0 amide bonds. The van der Waals surface area contributed by atoms with Crippen LogP contribution in [-0.4, -0.2) is 6.54 Å². The lowest BCUT2D eigenvalue weighted by atomic mass is 10.1. The molecule has 0 radical (unpaired) electrons. The summed E-state index contributed by atoms with van der Waals surface area (Å²) in [6.45, 7) is 8.10. The number of hydrogen-bond donors (Lipinski definition) is 1. The van der Waals surface area contributed by atoms with Crippen LogP contribution in [0.25, 0.3) is 6.08 Å². The molecule has 0 aliphatic rings. The van der Waals surface area contributed by atoms with Gasteiger partial charge in [-0.05, 0) is 12.5 Å². The van der Waals surface area contributed by atoms with E-state index in [1.807, 2.05) is 6.08 Å². The van der Waals surface area contributed by atoms with E-state index in [2.05, 4.69) is 43.1 Å². The van der Waals surface area contributed by atoms with Gasteiger partial charge in [0.25, 0.3) is 0 Å². The predicted octanol–water partition coefficient (Wildman–Crippen LogP) is 1.41. The smallest absolute Gasteiger partial charge is 0.101 e. The number of hydrogen-bond acceptors (Lipinski definition) is 0. The fourth-order valence-corrected chi connectivity index (χ4v) is 1.10. The fourth-order valence-electron chi connectivity index (χ4n) is 1.10. The minimum absolute atomic E-state index is 1.08. The molecule has 1 rings (SSSR count). The van der Waals surface area contributed by atoms with Crippen molar-refractivity contribution in [1.82, 2.24) is 0 Å². The van der Waals surface area contributed by atoms with Crippen molar-refractivity contribution in [2.24, 2.45) is 0 Å². The van der Waals surface area contributed by atoms with Crippen LogP contribution in [0.2, 0.25) is 0 Å². The summed E-state index contributed by atoms with van der Waals surface area (Å²) in [5.74, 6) is 0. The van der Waals surface area contributed by atoms with Crippen LogP contribution >= 0.6 is 0 Å². The van der Waals surface area contributed by atoms with E-state index in [0.29, 0.717) is 0 Å². The Hall–Kier alpha value is -1.08. The monoisotopic (exact) mass is 162 g/mol. The normalized spacial score (nSPS) is 9.75. The Morgan fingerprint density at radius 3 is 2.50 bits per heavy atom. The largest absolute Gasteiger partial charge is 0.343 e. The molecule has 64 valence electrons. The maximum atomic E-state index is 3.71. The van der Waals surface area contributed by atoms with E-state index < -0.39 is 0 Å². The molecule has 0 unspecified atom stereocenters. The summed E-state index contributed by atoms with van der Waals surface area (Å²) in [5, 5.41) is 2.28. The number of rotatable bonds is 4. The zero-order chi connectivity index (χ0) is 8.81. The van der Waals surface area contributed by atoms with Crippen LogP contribution in [0, 0.1) is 0 Å². The van der Waals surface area contributed by atoms with Gasteiger partial charge in [-0.25, -0.2) is 0 Å². The maximum absolute atomic E-state index is 3.71. The van der Waals surface area contributed by atoms with Crippen molar-refractivity contribution in [2.75, 3.05) is 6.54 Å². The Bertz CT molecular complexity index is 236. The molecule has 0 saturated carbocycles. The highest BCUT2D eigenvalue weighted by Crippen LogP contribution is 2.03. The lowest BCUT2D eigenvalue weighted by Gasteiger charge is -1.99. The molecule has 2 N–H and O–H groups in total. The summed E-state index contributed by atoms with van der Waals surface area (Å²) in [7, 11) is 0. The molecule has 0 saturated heterocycles. The van der Waals surface area contributed by atoms with Gasteiger partial charge in [-0.3, -0.25) is 0 Å². The molecular formula is C11H16N+. The van der Waals surface area contributed by atoms with Gasteiger partial charge < -0.3 is 5.32 Å². The molecule has 0 atom stereocenters. The SMILES string of the molecule is C=Cc1ccc(C[NH2+]CC)cc1. The predicted molar refractivity (Wildman–Crippen MR) is 52.7 cm³/mol. The van der Waals surface area contributed by atoms with Crippen LogP contribution in [-0.2, 0) is 6.54 Å². The first-order chi connectivity index (χ1) is 5.86. The molecule has 0 heterocycles. The van der Waals surface area contributed by atoms with Gasteiger partial charge in [0.15, 0.2) is 0 Å². The molecule has 1 aromatic carbocycles. The third kappa shape index (κ3) is 2.51. The third-order valence-electron chi connectivity index (χ3n) is 1.88. The highest BCUT2D eigenvalue weighted by molar-refractivity contribution is 5.46. The van der Waals surface area contributed by atoms with E-state index in [1.165, 1.54) is 11.1 Å². The molecule has 0 aromatic heterocycles. The van der Waals surface area contributed by atoms with E-state index in [0.717, 1.165) is 13.1 Å². The third-order valence-corrected chi connectivity index (χ3v) is 1.88. The van der Waals surface area contributed by atoms with Gasteiger partial charge in [0.05, 0.1) is 6.54 Å². The molecule has 0 spiro atoms. The quantitative estimate of drug-likeness (QED) is 0.689. The van der Waals surface area contributed by atoms with Crippen molar-refractivity contribution in [2.45, 2.75) is 13.5 Å². The van der Waals surface area contributed by atoms with E-state index in [-0.39, 0.29) is 0 Å². The Balaban J connectivity index is 2.58. The van der Waals surface area contributed by atoms with E-state index >= 15 is 0 Å². The highest BCUT2D eigenvalue weighted by Gasteiger charge is 1.92. The minimum Gasteiger partial charge on any atom is -0.343 e. The van der Waals surface area contributed by atoms with Crippen molar-refractivity contribution < 1.29 is 5.32 Å². The first-order valence-electron chi connectivity index (χ1n) is 4.40. The van der Waals surface area contributed by atoms with Crippen molar-refractivity contribution in [3.63, 3.8) is 0 Å². The summed E-state index contributed by atoms with van der Waals surface area (Å²) >= 11 is 0. The molecule has 0 aliphatic heterocycles. The first kappa shape index (κ1) is 9.01. The molecule has 0 bridgehead atoms. The number of quaternary nitrogens is 1. The Morgan fingerprint density at radius 1 is 1.33 bits per heavy atom. The molecule has 0 fully saturated rings. The molecule has 12 heavy (non-hydrogen) atoms. The average molecular weight is 162 g/mol. The van der Waals surface area contributed by atoms with Crippen molar-refractivity contribution in [1.29, 1.82) is 0 Å². The van der Waals surface area contributed by atoms with Crippen LogP contribution in [0.4, 0.5) is 0 Å². The lowest BCUT2D eigenvalue weighted by Crippen LogP contribution is -2.81. The van der Waals surface area contributed by atoms with Crippen molar-refractivity contribution in [3.05, 3.63) is 42.0 Å². The second kappa shape index (κ2) is 4.73. The lowest BCUT2D eigenvalue weighted by molar-refractivity contribution is -0.667. The second-order valence-electron chi connectivity index (χ2n) is 2.85. The van der Waals surface area contributed by atoms with Crippen molar-refractivity contribution >= 4 is 6.08 Å². The summed E-state index contributed by atoms with van der Waals surface area (Å²) in [5.41, 5.74) is 2.57. The van der Waals surface area contributed by atoms with E-state index in [4.69, 9.17) is 0 Å². The Morgan fingerprint density at radius 2 is 2.00 bits per heavy atom. The molecule has 1 heteroatoms. The van der Waals surface area contributed by atoms with E-state index in [1.54, 1.807) is 0 Å². The van der Waals surface area contributed by atoms with Gasteiger partial charge in [0.1, 0.15) is 6.54 Å².